The Labute approximate surface area is 180 Å². The second kappa shape index (κ2) is 8.00. The number of nitrogens with zero attached hydrogens (tertiary/aromatic N) is 4. The number of rotatable bonds is 4. The number of morpholine rings is 1. The van der Waals surface area contributed by atoms with Gasteiger partial charge in [0.15, 0.2) is 0 Å². The molecule has 1 aliphatic heterocycles. The molecule has 0 unspecified atom stereocenters. The third kappa shape index (κ3) is 3.84. The smallest absolute Gasteiger partial charge is 0.229 e. The summed E-state index contributed by atoms with van der Waals surface area (Å²) in [6.45, 7) is 6.79. The fraction of sp³-hybridized carbons (Fsp3) is 0.250. The zero-order chi connectivity index (χ0) is 21.4. The largest absolute Gasteiger partial charge is 0.378 e. The van der Waals surface area contributed by atoms with Crippen LogP contribution >= 0.6 is 0 Å². The van der Waals surface area contributed by atoms with Gasteiger partial charge in [0.05, 0.1) is 24.6 Å². The van der Waals surface area contributed by atoms with E-state index < -0.39 is 0 Å². The van der Waals surface area contributed by atoms with Crippen LogP contribution in [0.1, 0.15) is 11.1 Å². The molecule has 0 amide bonds. The topological polar surface area (TPSA) is 55.2 Å². The lowest BCUT2D eigenvalue weighted by molar-refractivity contribution is 0.122. The molecule has 1 aliphatic rings. The highest BCUT2D eigenvalue weighted by Crippen LogP contribution is 2.26. The van der Waals surface area contributed by atoms with E-state index in [0.717, 1.165) is 22.4 Å². The molecule has 1 fully saturated rings. The van der Waals surface area contributed by atoms with Crippen molar-refractivity contribution in [3.63, 3.8) is 0 Å². The number of aromatic nitrogens is 3. The van der Waals surface area contributed by atoms with Crippen molar-refractivity contribution >= 4 is 28.4 Å². The molecule has 0 aliphatic carbocycles. The van der Waals surface area contributed by atoms with Crippen molar-refractivity contribution in [3.8, 4) is 5.69 Å². The van der Waals surface area contributed by atoms with Crippen molar-refractivity contribution in [2.75, 3.05) is 36.5 Å². The second-order valence-electron chi connectivity index (χ2n) is 7.82. The van der Waals surface area contributed by atoms with Crippen molar-refractivity contribution < 1.29 is 9.13 Å². The standard InChI is InChI=1S/C24H24FN5O/c1-16-3-4-19(13-17(16)2)27-24-26-15-18-7-8-30(23(18)28-24)20-5-6-22(21(25)14-20)29-9-11-31-12-10-29/h3-8,13-15H,9-12H2,1-2H3,(H,26,27,28). The van der Waals surface area contributed by atoms with Crippen molar-refractivity contribution in [2.45, 2.75) is 13.8 Å². The van der Waals surface area contributed by atoms with Crippen molar-refractivity contribution in [3.05, 3.63) is 71.8 Å². The fourth-order valence-corrected chi connectivity index (χ4v) is 3.84. The number of nitrogens with one attached hydrogen (secondary N) is 1. The maximum absolute atomic E-state index is 14.9. The van der Waals surface area contributed by atoms with Crippen LogP contribution in [0.3, 0.4) is 0 Å². The number of halogens is 1. The van der Waals surface area contributed by atoms with Crippen LogP contribution in [0.4, 0.5) is 21.7 Å². The minimum atomic E-state index is -0.246. The third-order valence-corrected chi connectivity index (χ3v) is 5.75. The van der Waals surface area contributed by atoms with Crippen LogP contribution in [0.25, 0.3) is 16.7 Å². The Morgan fingerprint density at radius 3 is 2.61 bits per heavy atom. The minimum Gasteiger partial charge on any atom is -0.378 e. The van der Waals surface area contributed by atoms with Gasteiger partial charge in [-0.3, -0.25) is 0 Å². The molecule has 4 aromatic rings. The van der Waals surface area contributed by atoms with E-state index in [9.17, 15) is 4.39 Å². The van der Waals surface area contributed by atoms with Gasteiger partial charge in [-0.05, 0) is 55.3 Å². The molecular formula is C24H24FN5O. The molecule has 2 aromatic carbocycles. The summed E-state index contributed by atoms with van der Waals surface area (Å²) in [5, 5.41) is 4.16. The normalized spacial score (nSPS) is 14.2. The molecular weight excluding hydrogens is 393 g/mol. The van der Waals surface area contributed by atoms with E-state index in [2.05, 4.69) is 36.3 Å². The van der Waals surface area contributed by atoms with E-state index in [0.29, 0.717) is 37.9 Å². The summed E-state index contributed by atoms with van der Waals surface area (Å²) >= 11 is 0. The van der Waals surface area contributed by atoms with Crippen LogP contribution in [-0.2, 0) is 4.74 Å². The van der Waals surface area contributed by atoms with Crippen molar-refractivity contribution in [1.82, 2.24) is 14.5 Å². The van der Waals surface area contributed by atoms with E-state index in [1.54, 1.807) is 12.3 Å². The summed E-state index contributed by atoms with van der Waals surface area (Å²) in [7, 11) is 0. The first-order valence-corrected chi connectivity index (χ1v) is 10.4. The number of ether oxygens (including phenoxy) is 1. The highest BCUT2D eigenvalue weighted by atomic mass is 19.1. The molecule has 31 heavy (non-hydrogen) atoms. The quantitative estimate of drug-likeness (QED) is 0.519. The predicted molar refractivity (Wildman–Crippen MR) is 121 cm³/mol. The molecule has 0 atom stereocenters. The molecule has 7 heteroatoms. The average molecular weight is 417 g/mol. The molecule has 6 nitrogen and oxygen atoms in total. The Morgan fingerprint density at radius 1 is 1.00 bits per heavy atom. The van der Waals surface area contributed by atoms with E-state index in [4.69, 9.17) is 9.72 Å². The van der Waals surface area contributed by atoms with Crippen molar-refractivity contribution in [2.24, 2.45) is 0 Å². The number of hydrogen-bond donors (Lipinski definition) is 1. The van der Waals surface area contributed by atoms with Crippen LogP contribution < -0.4 is 10.2 Å². The Hall–Kier alpha value is -3.45. The van der Waals surface area contributed by atoms with Gasteiger partial charge in [0.2, 0.25) is 5.95 Å². The Balaban J connectivity index is 1.46. The van der Waals surface area contributed by atoms with E-state index >= 15 is 0 Å². The lowest BCUT2D eigenvalue weighted by atomic mass is 10.1. The van der Waals surface area contributed by atoms with Gasteiger partial charge in [-0.25, -0.2) is 9.37 Å². The van der Waals surface area contributed by atoms with E-state index in [-0.39, 0.29) is 5.82 Å². The lowest BCUT2D eigenvalue weighted by Gasteiger charge is -2.29. The Bertz CT molecular complexity index is 1250. The third-order valence-electron chi connectivity index (χ3n) is 5.75. The van der Waals surface area contributed by atoms with Gasteiger partial charge in [-0.2, -0.15) is 4.98 Å². The van der Waals surface area contributed by atoms with Crippen LogP contribution in [-0.4, -0.2) is 40.8 Å². The summed E-state index contributed by atoms with van der Waals surface area (Å²) in [5.74, 6) is 0.255. The van der Waals surface area contributed by atoms with Gasteiger partial charge in [0, 0.05) is 42.6 Å². The van der Waals surface area contributed by atoms with Crippen LogP contribution in [0.5, 0.6) is 0 Å². The highest BCUT2D eigenvalue weighted by Gasteiger charge is 2.16. The molecule has 158 valence electrons. The summed E-state index contributed by atoms with van der Waals surface area (Å²) in [4.78, 5) is 11.1. The molecule has 3 heterocycles. The maximum atomic E-state index is 14.9. The molecule has 0 radical (unpaired) electrons. The van der Waals surface area contributed by atoms with Gasteiger partial charge < -0.3 is 19.5 Å². The first-order valence-electron chi connectivity index (χ1n) is 10.4. The molecule has 2 aromatic heterocycles. The average Bonchev–Trinajstić information content (AvgIpc) is 3.20. The molecule has 1 saturated heterocycles. The molecule has 5 rings (SSSR count). The number of hydrogen-bond acceptors (Lipinski definition) is 5. The predicted octanol–water partition coefficient (Wildman–Crippen LogP) is 4.76. The number of fused-ring (bicyclic) bond motifs is 1. The van der Waals surface area contributed by atoms with E-state index in [1.165, 1.54) is 11.1 Å². The highest BCUT2D eigenvalue weighted by molar-refractivity contribution is 5.79. The minimum absolute atomic E-state index is 0.246. The van der Waals surface area contributed by atoms with Gasteiger partial charge in [0.25, 0.3) is 0 Å². The number of anilines is 3. The zero-order valence-electron chi connectivity index (χ0n) is 17.6. The summed E-state index contributed by atoms with van der Waals surface area (Å²) in [6, 6.07) is 13.4. The number of aryl methyl sites for hydroxylation is 2. The van der Waals surface area contributed by atoms with Gasteiger partial charge in [0.1, 0.15) is 11.5 Å². The molecule has 1 N–H and O–H groups in total. The van der Waals surface area contributed by atoms with Crippen molar-refractivity contribution in [1.29, 1.82) is 0 Å². The second-order valence-corrected chi connectivity index (χ2v) is 7.82. The zero-order valence-corrected chi connectivity index (χ0v) is 17.6. The number of benzene rings is 2. The maximum Gasteiger partial charge on any atom is 0.229 e. The molecule has 0 saturated carbocycles. The van der Waals surface area contributed by atoms with E-state index in [1.807, 2.05) is 39.9 Å². The lowest BCUT2D eigenvalue weighted by Crippen LogP contribution is -2.36. The van der Waals surface area contributed by atoms with Crippen LogP contribution in [0, 0.1) is 19.7 Å². The van der Waals surface area contributed by atoms with Gasteiger partial charge in [-0.1, -0.05) is 6.07 Å². The Morgan fingerprint density at radius 2 is 1.84 bits per heavy atom. The summed E-state index contributed by atoms with van der Waals surface area (Å²) < 4.78 is 22.2. The first-order chi connectivity index (χ1) is 15.1. The van der Waals surface area contributed by atoms with Crippen LogP contribution in [0.2, 0.25) is 0 Å². The molecule has 0 bridgehead atoms. The Kier molecular flexibility index (Phi) is 5.03. The summed E-state index contributed by atoms with van der Waals surface area (Å²) in [6.07, 6.45) is 3.67. The fourth-order valence-electron chi connectivity index (χ4n) is 3.84. The SMILES string of the molecule is Cc1ccc(Nc2ncc3ccn(-c4ccc(N5CCOCC5)c(F)c4)c3n2)cc1C. The van der Waals surface area contributed by atoms with Crippen LogP contribution in [0.15, 0.2) is 54.9 Å². The van der Waals surface area contributed by atoms with Gasteiger partial charge >= 0.3 is 0 Å². The molecule has 0 spiro atoms. The summed E-state index contributed by atoms with van der Waals surface area (Å²) in [5.41, 5.74) is 5.42. The van der Waals surface area contributed by atoms with Gasteiger partial charge in [-0.15, -0.1) is 0 Å². The monoisotopic (exact) mass is 417 g/mol. The first kappa shape index (κ1) is 19.5.